The van der Waals surface area contributed by atoms with Gasteiger partial charge in [-0.1, -0.05) is 29.8 Å². The number of aldehydes is 1. The molecule has 3 heterocycles. The Balaban J connectivity index is 1.35. The molecule has 36 heavy (non-hydrogen) atoms. The first kappa shape index (κ1) is 24.8. The van der Waals surface area contributed by atoms with E-state index >= 15 is 0 Å². The highest BCUT2D eigenvalue weighted by Gasteiger charge is 2.38. The molecule has 0 amide bonds. The van der Waals surface area contributed by atoms with Gasteiger partial charge in [-0.25, -0.2) is 13.4 Å². The van der Waals surface area contributed by atoms with E-state index in [4.69, 9.17) is 11.6 Å². The number of aromatic amines is 1. The van der Waals surface area contributed by atoms with Gasteiger partial charge in [-0.15, -0.1) is 17.9 Å². The van der Waals surface area contributed by atoms with Gasteiger partial charge in [0.05, 0.1) is 23.3 Å². The molecule has 0 saturated carbocycles. The Morgan fingerprint density at radius 2 is 2.06 bits per heavy atom. The van der Waals surface area contributed by atoms with E-state index < -0.39 is 21.3 Å². The Kier molecular flexibility index (Phi) is 6.80. The maximum atomic E-state index is 13.6. The van der Waals surface area contributed by atoms with Crippen LogP contribution >= 0.6 is 22.9 Å². The van der Waals surface area contributed by atoms with E-state index in [1.165, 1.54) is 28.0 Å². The minimum atomic E-state index is -3.80. The molecule has 0 spiro atoms. The van der Waals surface area contributed by atoms with Crippen molar-refractivity contribution in [2.24, 2.45) is 0 Å². The molecule has 5 rings (SSSR count). The fourth-order valence-corrected chi connectivity index (χ4v) is 7.99. The molecule has 2 aromatic heterocycles. The summed E-state index contributed by atoms with van der Waals surface area (Å²) >= 11 is 7.47. The first-order chi connectivity index (χ1) is 17.3. The Hall–Kier alpha value is -2.89. The third kappa shape index (κ3) is 4.62. The first-order valence-electron chi connectivity index (χ1n) is 11.3. The SMILES string of the molecule is C=CC(c1cc2ccc(Cl)cc2s1)S(=O)(=O)N1CCN(Cc2ccc3c(=O)[nH]cnc3c2)C(C=O)C1. The van der Waals surface area contributed by atoms with Crippen molar-refractivity contribution in [2.75, 3.05) is 19.6 Å². The van der Waals surface area contributed by atoms with Gasteiger partial charge in [0.15, 0.2) is 0 Å². The smallest absolute Gasteiger partial charge is 0.258 e. The average molecular weight is 543 g/mol. The summed E-state index contributed by atoms with van der Waals surface area (Å²) in [6.07, 6.45) is 3.58. The highest BCUT2D eigenvalue weighted by atomic mass is 35.5. The molecular formula is C25H23ClN4O4S2. The molecule has 0 radical (unpaired) electrons. The van der Waals surface area contributed by atoms with Crippen LogP contribution in [0.25, 0.3) is 21.0 Å². The normalized spacial score (nSPS) is 18.4. The summed E-state index contributed by atoms with van der Waals surface area (Å²) in [5, 5.41) is 1.08. The average Bonchev–Trinajstić information content (AvgIpc) is 3.27. The van der Waals surface area contributed by atoms with Gasteiger partial charge < -0.3 is 9.78 Å². The van der Waals surface area contributed by atoms with Gasteiger partial charge in [-0.05, 0) is 41.3 Å². The van der Waals surface area contributed by atoms with Crippen molar-refractivity contribution in [3.63, 3.8) is 0 Å². The van der Waals surface area contributed by atoms with Crippen molar-refractivity contribution >= 4 is 60.2 Å². The molecule has 1 aliphatic heterocycles. The van der Waals surface area contributed by atoms with Crippen LogP contribution in [0.4, 0.5) is 0 Å². The van der Waals surface area contributed by atoms with Gasteiger partial charge in [0, 0.05) is 40.8 Å². The lowest BCUT2D eigenvalue weighted by molar-refractivity contribution is -0.114. The van der Waals surface area contributed by atoms with E-state index in [9.17, 15) is 18.0 Å². The number of benzene rings is 2. The summed E-state index contributed by atoms with van der Waals surface area (Å²) in [6.45, 7) is 4.91. The summed E-state index contributed by atoms with van der Waals surface area (Å²) in [6, 6.07) is 12.1. The monoisotopic (exact) mass is 542 g/mol. The van der Waals surface area contributed by atoms with Crippen LogP contribution in [0.1, 0.15) is 15.7 Å². The second-order valence-electron chi connectivity index (χ2n) is 8.65. The Morgan fingerprint density at radius 1 is 1.22 bits per heavy atom. The Bertz CT molecular complexity index is 1630. The number of rotatable bonds is 7. The highest BCUT2D eigenvalue weighted by molar-refractivity contribution is 7.89. The fourth-order valence-electron chi connectivity index (χ4n) is 4.54. The Morgan fingerprint density at radius 3 is 2.83 bits per heavy atom. The summed E-state index contributed by atoms with van der Waals surface area (Å²) < 4.78 is 29.5. The van der Waals surface area contributed by atoms with Crippen LogP contribution < -0.4 is 5.56 Å². The zero-order chi connectivity index (χ0) is 25.4. The maximum absolute atomic E-state index is 13.6. The lowest BCUT2D eigenvalue weighted by atomic mass is 10.1. The van der Waals surface area contributed by atoms with E-state index in [0.29, 0.717) is 33.9 Å². The molecule has 186 valence electrons. The van der Waals surface area contributed by atoms with Crippen molar-refractivity contribution in [2.45, 2.75) is 17.8 Å². The van der Waals surface area contributed by atoms with Crippen molar-refractivity contribution in [1.82, 2.24) is 19.2 Å². The molecule has 8 nitrogen and oxygen atoms in total. The number of nitrogens with one attached hydrogen (secondary N) is 1. The second-order valence-corrected chi connectivity index (χ2v) is 12.3. The van der Waals surface area contributed by atoms with Gasteiger partial charge in [0.25, 0.3) is 5.56 Å². The second kappa shape index (κ2) is 9.87. The Labute approximate surface area is 216 Å². The predicted molar refractivity (Wildman–Crippen MR) is 143 cm³/mol. The van der Waals surface area contributed by atoms with Gasteiger partial charge in [0.1, 0.15) is 11.5 Å². The van der Waals surface area contributed by atoms with Crippen LogP contribution in [-0.2, 0) is 21.4 Å². The summed E-state index contributed by atoms with van der Waals surface area (Å²) in [5.41, 5.74) is 1.24. The van der Waals surface area contributed by atoms with E-state index in [1.807, 2.05) is 35.2 Å². The molecule has 2 aromatic carbocycles. The largest absolute Gasteiger partial charge is 0.313 e. The van der Waals surface area contributed by atoms with Crippen LogP contribution in [0.3, 0.4) is 0 Å². The number of fused-ring (bicyclic) bond motifs is 2. The molecule has 4 aromatic rings. The quantitative estimate of drug-likeness (QED) is 0.282. The van der Waals surface area contributed by atoms with Crippen molar-refractivity contribution in [3.8, 4) is 0 Å². The third-order valence-electron chi connectivity index (χ3n) is 6.42. The molecule has 2 atom stereocenters. The molecule has 1 fully saturated rings. The molecule has 1 aliphatic rings. The molecule has 2 unspecified atom stereocenters. The number of carbonyl (C=O) groups is 1. The number of hydrogen-bond acceptors (Lipinski definition) is 7. The highest BCUT2D eigenvalue weighted by Crippen LogP contribution is 2.37. The summed E-state index contributed by atoms with van der Waals surface area (Å²) in [5.74, 6) is 0. The van der Waals surface area contributed by atoms with Crippen molar-refractivity contribution in [3.05, 3.63) is 87.3 Å². The molecule has 0 aliphatic carbocycles. The van der Waals surface area contributed by atoms with Crippen LogP contribution in [0.2, 0.25) is 5.02 Å². The van der Waals surface area contributed by atoms with Gasteiger partial charge in [-0.3, -0.25) is 9.69 Å². The number of carbonyl (C=O) groups excluding carboxylic acids is 1. The standard InChI is InChI=1S/C25H23ClN4O4S2/c1-2-24(23-10-17-4-5-18(26)11-22(17)35-23)36(33,34)30-8-7-29(19(13-30)14-31)12-16-3-6-20-21(9-16)27-15-28-25(20)32/h2-6,9-11,14-15,19,24H,1,7-8,12-13H2,(H,27,28,32). The zero-order valence-corrected chi connectivity index (χ0v) is 21.5. The minimum absolute atomic E-state index is 0.0540. The van der Waals surface area contributed by atoms with Crippen LogP contribution in [0, 0.1) is 0 Å². The minimum Gasteiger partial charge on any atom is -0.313 e. The topological polar surface area (TPSA) is 103 Å². The lowest BCUT2D eigenvalue weighted by Crippen LogP contribution is -2.55. The van der Waals surface area contributed by atoms with Gasteiger partial charge in [0.2, 0.25) is 10.0 Å². The molecule has 11 heteroatoms. The number of sulfonamides is 1. The maximum Gasteiger partial charge on any atom is 0.258 e. The van der Waals surface area contributed by atoms with Crippen LogP contribution in [-0.4, -0.2) is 59.6 Å². The first-order valence-corrected chi connectivity index (χ1v) is 14.0. The number of hydrogen-bond donors (Lipinski definition) is 1. The van der Waals surface area contributed by atoms with E-state index in [1.54, 1.807) is 12.1 Å². The van der Waals surface area contributed by atoms with E-state index in [0.717, 1.165) is 21.9 Å². The predicted octanol–water partition coefficient (Wildman–Crippen LogP) is 3.73. The van der Waals surface area contributed by atoms with Crippen LogP contribution in [0.5, 0.6) is 0 Å². The lowest BCUT2D eigenvalue weighted by Gasteiger charge is -2.39. The number of H-pyrrole nitrogens is 1. The third-order valence-corrected chi connectivity index (χ3v) is 10.1. The number of piperazine rings is 1. The van der Waals surface area contributed by atoms with Gasteiger partial charge in [-0.2, -0.15) is 4.31 Å². The molecule has 1 saturated heterocycles. The van der Waals surface area contributed by atoms with Crippen molar-refractivity contribution < 1.29 is 13.2 Å². The molecular weight excluding hydrogens is 520 g/mol. The number of thiophene rings is 1. The summed E-state index contributed by atoms with van der Waals surface area (Å²) in [7, 11) is -3.80. The van der Waals surface area contributed by atoms with Crippen LogP contribution in [0.15, 0.2) is 66.2 Å². The fraction of sp³-hybridized carbons (Fsp3) is 0.240. The molecule has 0 bridgehead atoms. The van der Waals surface area contributed by atoms with E-state index in [2.05, 4.69) is 16.5 Å². The number of nitrogens with zero attached hydrogens (tertiary/aromatic N) is 3. The van der Waals surface area contributed by atoms with Crippen molar-refractivity contribution in [1.29, 1.82) is 0 Å². The van der Waals surface area contributed by atoms with Gasteiger partial charge >= 0.3 is 0 Å². The summed E-state index contributed by atoms with van der Waals surface area (Å²) in [4.78, 5) is 33.3. The van der Waals surface area contributed by atoms with E-state index in [-0.39, 0.29) is 18.6 Å². The zero-order valence-electron chi connectivity index (χ0n) is 19.1. The molecule has 1 N–H and O–H groups in total. The number of halogens is 1. The number of aromatic nitrogens is 2.